The van der Waals surface area contributed by atoms with Crippen molar-refractivity contribution >= 4 is 0 Å². The van der Waals surface area contributed by atoms with Crippen molar-refractivity contribution in [3.05, 3.63) is 12.2 Å². The summed E-state index contributed by atoms with van der Waals surface area (Å²) in [7, 11) is 0. The molecule has 76 valence electrons. The third-order valence-electron chi connectivity index (χ3n) is 3.73. The minimum atomic E-state index is 0.896. The van der Waals surface area contributed by atoms with E-state index in [-0.39, 0.29) is 0 Å². The Morgan fingerprint density at radius 3 is 2.38 bits per heavy atom. The maximum Gasteiger partial charge on any atom is -0.0295 e. The van der Waals surface area contributed by atoms with E-state index in [0.29, 0.717) is 0 Å². The first-order valence-corrected chi connectivity index (χ1v) is 5.65. The molecular weight excluding hydrogens is 156 g/mol. The quantitative estimate of drug-likeness (QED) is 0.557. The minimum Gasteiger partial charge on any atom is -0.100 e. The average Bonchev–Trinajstić information content (AvgIpc) is 1.98. The van der Waals surface area contributed by atoms with Crippen molar-refractivity contribution in [1.82, 2.24) is 0 Å². The third-order valence-corrected chi connectivity index (χ3v) is 3.73. The molecule has 13 heavy (non-hydrogen) atoms. The van der Waals surface area contributed by atoms with Crippen LogP contribution in [0.2, 0.25) is 0 Å². The smallest absolute Gasteiger partial charge is 0.0295 e. The van der Waals surface area contributed by atoms with Crippen molar-refractivity contribution < 1.29 is 0 Å². The van der Waals surface area contributed by atoms with Crippen LogP contribution in [-0.4, -0.2) is 0 Å². The molecule has 0 aliphatic heterocycles. The Morgan fingerprint density at radius 2 is 1.85 bits per heavy atom. The van der Waals surface area contributed by atoms with E-state index in [1.165, 1.54) is 24.8 Å². The molecule has 0 heteroatoms. The summed E-state index contributed by atoms with van der Waals surface area (Å²) in [4.78, 5) is 0. The SMILES string of the molecule is C=C(C)CC1CC(C)CC(C)C1C. The Labute approximate surface area is 83.4 Å². The van der Waals surface area contributed by atoms with Gasteiger partial charge in [-0.3, -0.25) is 0 Å². The van der Waals surface area contributed by atoms with Crippen molar-refractivity contribution in [2.24, 2.45) is 23.7 Å². The van der Waals surface area contributed by atoms with Crippen molar-refractivity contribution in [2.45, 2.75) is 47.0 Å². The second kappa shape index (κ2) is 4.30. The van der Waals surface area contributed by atoms with Crippen molar-refractivity contribution in [1.29, 1.82) is 0 Å². The van der Waals surface area contributed by atoms with Gasteiger partial charge in [0.15, 0.2) is 0 Å². The standard InChI is InChI=1S/C13H24/c1-9(2)6-13-8-10(3)7-11(4)12(13)5/h10-13H,1,6-8H2,2-5H3. The lowest BCUT2D eigenvalue weighted by atomic mass is 9.68. The normalized spacial score (nSPS) is 40.3. The lowest BCUT2D eigenvalue weighted by molar-refractivity contribution is 0.137. The molecule has 0 N–H and O–H groups in total. The van der Waals surface area contributed by atoms with Crippen LogP contribution >= 0.6 is 0 Å². The van der Waals surface area contributed by atoms with Gasteiger partial charge in [0.25, 0.3) is 0 Å². The first-order valence-electron chi connectivity index (χ1n) is 5.65. The van der Waals surface area contributed by atoms with Crippen LogP contribution in [0, 0.1) is 23.7 Å². The van der Waals surface area contributed by atoms with Crippen LogP contribution in [-0.2, 0) is 0 Å². The lowest BCUT2D eigenvalue weighted by Crippen LogP contribution is -2.28. The highest BCUT2D eigenvalue weighted by Crippen LogP contribution is 2.40. The molecular formula is C13H24. The topological polar surface area (TPSA) is 0 Å². The van der Waals surface area contributed by atoms with Crippen molar-refractivity contribution in [3.63, 3.8) is 0 Å². The van der Waals surface area contributed by atoms with Gasteiger partial charge in [0.1, 0.15) is 0 Å². The van der Waals surface area contributed by atoms with Gasteiger partial charge < -0.3 is 0 Å². The molecule has 0 heterocycles. The largest absolute Gasteiger partial charge is 0.100 e. The van der Waals surface area contributed by atoms with Crippen molar-refractivity contribution in [2.75, 3.05) is 0 Å². The van der Waals surface area contributed by atoms with Crippen LogP contribution in [0.4, 0.5) is 0 Å². The van der Waals surface area contributed by atoms with E-state index < -0.39 is 0 Å². The van der Waals surface area contributed by atoms with Crippen LogP contribution in [0.1, 0.15) is 47.0 Å². The van der Waals surface area contributed by atoms with E-state index in [0.717, 1.165) is 23.7 Å². The van der Waals surface area contributed by atoms with Crippen LogP contribution < -0.4 is 0 Å². The second-order valence-electron chi connectivity index (χ2n) is 5.33. The van der Waals surface area contributed by atoms with Crippen LogP contribution in [0.3, 0.4) is 0 Å². The fourth-order valence-corrected chi connectivity index (χ4v) is 2.86. The van der Waals surface area contributed by atoms with Gasteiger partial charge in [-0.2, -0.15) is 0 Å². The molecule has 0 bridgehead atoms. The molecule has 0 aromatic carbocycles. The summed E-state index contributed by atoms with van der Waals surface area (Å²) in [5.74, 6) is 3.63. The fraction of sp³-hybridized carbons (Fsp3) is 0.846. The molecule has 0 aromatic rings. The Bertz CT molecular complexity index is 180. The van der Waals surface area contributed by atoms with E-state index in [1.54, 1.807) is 0 Å². The predicted octanol–water partition coefficient (Wildman–Crippen LogP) is 4.27. The number of allylic oxidation sites excluding steroid dienone is 1. The Kier molecular flexibility index (Phi) is 3.58. The van der Waals surface area contributed by atoms with Gasteiger partial charge in [0.05, 0.1) is 0 Å². The van der Waals surface area contributed by atoms with Crippen LogP contribution in [0.5, 0.6) is 0 Å². The third kappa shape index (κ3) is 2.86. The van der Waals surface area contributed by atoms with E-state index in [2.05, 4.69) is 34.3 Å². The summed E-state index contributed by atoms with van der Waals surface area (Å²) < 4.78 is 0. The van der Waals surface area contributed by atoms with Gasteiger partial charge >= 0.3 is 0 Å². The molecule has 1 fully saturated rings. The molecule has 0 amide bonds. The summed E-state index contributed by atoms with van der Waals surface area (Å²) in [6, 6.07) is 0. The van der Waals surface area contributed by atoms with Gasteiger partial charge in [0, 0.05) is 0 Å². The molecule has 1 rings (SSSR count). The maximum absolute atomic E-state index is 4.03. The Hall–Kier alpha value is -0.260. The highest BCUT2D eigenvalue weighted by Gasteiger charge is 2.30. The van der Waals surface area contributed by atoms with E-state index >= 15 is 0 Å². The lowest BCUT2D eigenvalue weighted by Gasteiger charge is -2.38. The van der Waals surface area contributed by atoms with Crippen LogP contribution in [0.15, 0.2) is 12.2 Å². The van der Waals surface area contributed by atoms with Gasteiger partial charge in [-0.15, -0.1) is 6.58 Å². The highest BCUT2D eigenvalue weighted by atomic mass is 14.4. The molecule has 0 aromatic heterocycles. The molecule has 0 spiro atoms. The highest BCUT2D eigenvalue weighted by molar-refractivity contribution is 4.94. The zero-order chi connectivity index (χ0) is 10.0. The number of rotatable bonds is 2. The Balaban J connectivity index is 2.55. The first kappa shape index (κ1) is 10.8. The van der Waals surface area contributed by atoms with E-state index in [9.17, 15) is 0 Å². The zero-order valence-corrected chi connectivity index (χ0v) is 9.64. The minimum absolute atomic E-state index is 0.896. The molecule has 0 radical (unpaired) electrons. The maximum atomic E-state index is 4.03. The number of hydrogen-bond acceptors (Lipinski definition) is 0. The molecule has 1 aliphatic rings. The molecule has 0 saturated heterocycles. The summed E-state index contributed by atoms with van der Waals surface area (Å²) in [6.45, 7) is 13.4. The van der Waals surface area contributed by atoms with Crippen LogP contribution in [0.25, 0.3) is 0 Å². The molecule has 0 nitrogen and oxygen atoms in total. The van der Waals surface area contributed by atoms with Crippen molar-refractivity contribution in [3.8, 4) is 0 Å². The monoisotopic (exact) mass is 180 g/mol. The second-order valence-corrected chi connectivity index (χ2v) is 5.33. The van der Waals surface area contributed by atoms with Gasteiger partial charge in [-0.1, -0.05) is 26.3 Å². The van der Waals surface area contributed by atoms with Gasteiger partial charge in [0.2, 0.25) is 0 Å². The van der Waals surface area contributed by atoms with E-state index in [4.69, 9.17) is 0 Å². The zero-order valence-electron chi connectivity index (χ0n) is 9.64. The predicted molar refractivity (Wildman–Crippen MR) is 59.6 cm³/mol. The average molecular weight is 180 g/mol. The van der Waals surface area contributed by atoms with E-state index in [1.807, 2.05) is 0 Å². The Morgan fingerprint density at radius 1 is 1.23 bits per heavy atom. The summed E-state index contributed by atoms with van der Waals surface area (Å²) >= 11 is 0. The van der Waals surface area contributed by atoms with Gasteiger partial charge in [-0.25, -0.2) is 0 Å². The first-order chi connectivity index (χ1) is 6.00. The van der Waals surface area contributed by atoms with Gasteiger partial charge in [-0.05, 0) is 49.9 Å². The number of hydrogen-bond donors (Lipinski definition) is 0. The molecule has 1 aliphatic carbocycles. The molecule has 4 atom stereocenters. The molecule has 4 unspecified atom stereocenters. The summed E-state index contributed by atoms with van der Waals surface area (Å²) in [6.07, 6.45) is 4.09. The summed E-state index contributed by atoms with van der Waals surface area (Å²) in [5.41, 5.74) is 1.36. The fourth-order valence-electron chi connectivity index (χ4n) is 2.86. The summed E-state index contributed by atoms with van der Waals surface area (Å²) in [5, 5.41) is 0. The molecule has 1 saturated carbocycles.